The maximum Gasteiger partial charge on any atom is 0.174 e. The van der Waals surface area contributed by atoms with Gasteiger partial charge in [0.25, 0.3) is 0 Å². The molecule has 0 spiro atoms. The summed E-state index contributed by atoms with van der Waals surface area (Å²) < 4.78 is 2.67. The summed E-state index contributed by atoms with van der Waals surface area (Å²) in [6.45, 7) is 6.13. The molecule has 18 heavy (non-hydrogen) atoms. The number of ketones is 1. The highest BCUT2D eigenvalue weighted by molar-refractivity contribution is 14.1. The number of carbonyl (C=O) groups excluding carboxylic acids is 1. The molecule has 0 atom stereocenters. The Morgan fingerprint density at radius 1 is 1.22 bits per heavy atom. The minimum atomic E-state index is 0.197. The lowest BCUT2D eigenvalue weighted by atomic mass is 10.2. The van der Waals surface area contributed by atoms with Gasteiger partial charge in [0.05, 0.1) is 4.43 Å². The Hall–Kier alpha value is -1.10. The highest BCUT2D eigenvalue weighted by Crippen LogP contribution is 2.22. The number of hydrogen-bond donors (Lipinski definition) is 0. The predicted octanol–water partition coefficient (Wildman–Crippen LogP) is 4.02. The van der Waals surface area contributed by atoms with Gasteiger partial charge >= 0.3 is 0 Å². The Morgan fingerprint density at radius 3 is 2.56 bits per heavy atom. The highest BCUT2D eigenvalue weighted by atomic mass is 127. The van der Waals surface area contributed by atoms with Crippen LogP contribution in [0.2, 0.25) is 0 Å². The van der Waals surface area contributed by atoms with Gasteiger partial charge in [0.15, 0.2) is 5.78 Å². The van der Waals surface area contributed by atoms with Gasteiger partial charge in [-0.3, -0.25) is 4.79 Å². The number of Topliss-reactive ketones (excluding diaryl/α,β-unsaturated/α-hetero) is 1. The zero-order valence-corrected chi connectivity index (χ0v) is 13.0. The molecule has 1 aromatic carbocycles. The molecule has 0 bridgehead atoms. The number of hydrogen-bond acceptors (Lipinski definition) is 1. The second-order valence-electron chi connectivity index (χ2n) is 4.52. The Morgan fingerprint density at radius 2 is 1.94 bits per heavy atom. The van der Waals surface area contributed by atoms with Crippen LogP contribution < -0.4 is 0 Å². The number of alkyl halides is 1. The molecule has 0 aliphatic heterocycles. The van der Waals surface area contributed by atoms with Crippen LogP contribution in [0.25, 0.3) is 5.69 Å². The summed E-state index contributed by atoms with van der Waals surface area (Å²) in [5.74, 6) is 0.197. The molecule has 94 valence electrons. The van der Waals surface area contributed by atoms with Crippen LogP contribution in [0.3, 0.4) is 0 Å². The van der Waals surface area contributed by atoms with Crippen molar-refractivity contribution in [2.75, 3.05) is 4.43 Å². The number of aryl methyl sites for hydroxylation is 2. The summed E-state index contributed by atoms with van der Waals surface area (Å²) in [7, 11) is 0. The first-order chi connectivity index (χ1) is 8.54. The number of rotatable bonds is 3. The van der Waals surface area contributed by atoms with Crippen LogP contribution in [0.5, 0.6) is 0 Å². The van der Waals surface area contributed by atoms with Gasteiger partial charge in [0.2, 0.25) is 0 Å². The van der Waals surface area contributed by atoms with Gasteiger partial charge < -0.3 is 4.57 Å². The van der Waals surface area contributed by atoms with Crippen LogP contribution in [-0.2, 0) is 0 Å². The third-order valence-corrected chi connectivity index (χ3v) is 3.81. The first-order valence-electron chi connectivity index (χ1n) is 5.89. The maximum absolute atomic E-state index is 11.9. The molecule has 2 aromatic rings. The summed E-state index contributed by atoms with van der Waals surface area (Å²) in [6, 6.07) is 10.3. The van der Waals surface area contributed by atoms with Crippen LogP contribution in [0.4, 0.5) is 0 Å². The van der Waals surface area contributed by atoms with Crippen LogP contribution in [0.15, 0.2) is 30.3 Å². The van der Waals surface area contributed by atoms with E-state index in [0.717, 1.165) is 22.6 Å². The van der Waals surface area contributed by atoms with Crippen molar-refractivity contribution < 1.29 is 4.79 Å². The van der Waals surface area contributed by atoms with Gasteiger partial charge in [-0.15, -0.1) is 0 Å². The molecular weight excluding hydrogens is 337 g/mol. The molecule has 0 saturated carbocycles. The molecule has 0 unspecified atom stereocenters. The van der Waals surface area contributed by atoms with Crippen molar-refractivity contribution in [3.8, 4) is 5.69 Å². The van der Waals surface area contributed by atoms with E-state index in [1.54, 1.807) is 0 Å². The number of carbonyl (C=O) groups is 1. The van der Waals surface area contributed by atoms with Crippen LogP contribution in [-0.4, -0.2) is 14.8 Å². The van der Waals surface area contributed by atoms with E-state index in [1.807, 2.05) is 26.0 Å². The van der Waals surface area contributed by atoms with Crippen molar-refractivity contribution >= 4 is 28.4 Å². The topological polar surface area (TPSA) is 22.0 Å². The molecule has 0 amide bonds. The van der Waals surface area contributed by atoms with Gasteiger partial charge in [-0.1, -0.05) is 34.7 Å². The zero-order valence-electron chi connectivity index (χ0n) is 10.8. The van der Waals surface area contributed by atoms with Gasteiger partial charge in [0.1, 0.15) is 0 Å². The van der Waals surface area contributed by atoms with Crippen molar-refractivity contribution in [3.05, 3.63) is 52.8 Å². The molecule has 2 rings (SSSR count). The number of nitrogens with zero attached hydrogens (tertiary/aromatic N) is 1. The van der Waals surface area contributed by atoms with Crippen molar-refractivity contribution in [2.45, 2.75) is 20.8 Å². The molecule has 0 fully saturated rings. The molecule has 0 radical (unpaired) electrons. The monoisotopic (exact) mass is 353 g/mol. The maximum atomic E-state index is 11.9. The average Bonchev–Trinajstić information content (AvgIpc) is 2.64. The molecule has 0 saturated heterocycles. The second kappa shape index (κ2) is 5.26. The van der Waals surface area contributed by atoms with Gasteiger partial charge in [-0.25, -0.2) is 0 Å². The standard InChI is InChI=1S/C15H16INO/c1-10-5-4-6-13(7-10)17-11(2)8-14(12(17)3)15(18)9-16/h4-8H,9H2,1-3H3. The fourth-order valence-corrected chi connectivity index (χ4v) is 2.69. The number of benzene rings is 1. The molecule has 2 nitrogen and oxygen atoms in total. The third-order valence-electron chi connectivity index (χ3n) is 3.11. The first-order valence-corrected chi connectivity index (χ1v) is 7.42. The van der Waals surface area contributed by atoms with E-state index in [-0.39, 0.29) is 5.78 Å². The van der Waals surface area contributed by atoms with E-state index in [2.05, 4.69) is 52.3 Å². The van der Waals surface area contributed by atoms with Gasteiger partial charge in [-0.2, -0.15) is 0 Å². The Kier molecular flexibility index (Phi) is 3.90. The first kappa shape index (κ1) is 13.3. The van der Waals surface area contributed by atoms with Gasteiger partial charge in [0, 0.05) is 22.6 Å². The van der Waals surface area contributed by atoms with Crippen LogP contribution >= 0.6 is 22.6 Å². The third kappa shape index (κ3) is 2.36. The minimum absolute atomic E-state index is 0.197. The smallest absolute Gasteiger partial charge is 0.174 e. The van der Waals surface area contributed by atoms with E-state index in [4.69, 9.17) is 0 Å². The number of halogens is 1. The zero-order chi connectivity index (χ0) is 13.3. The van der Waals surface area contributed by atoms with E-state index in [0.29, 0.717) is 4.43 Å². The number of aromatic nitrogens is 1. The Balaban J connectivity index is 2.59. The van der Waals surface area contributed by atoms with Crippen LogP contribution in [0, 0.1) is 20.8 Å². The Bertz CT molecular complexity index is 599. The lowest BCUT2D eigenvalue weighted by Gasteiger charge is -2.10. The lowest BCUT2D eigenvalue weighted by Crippen LogP contribution is -2.04. The van der Waals surface area contributed by atoms with Crippen molar-refractivity contribution in [1.82, 2.24) is 4.57 Å². The van der Waals surface area contributed by atoms with E-state index in [1.165, 1.54) is 5.56 Å². The van der Waals surface area contributed by atoms with Crippen LogP contribution in [0.1, 0.15) is 27.3 Å². The van der Waals surface area contributed by atoms with Gasteiger partial charge in [-0.05, 0) is 44.5 Å². The largest absolute Gasteiger partial charge is 0.318 e. The fourth-order valence-electron chi connectivity index (χ4n) is 2.28. The van der Waals surface area contributed by atoms with E-state index < -0.39 is 0 Å². The molecule has 1 heterocycles. The summed E-state index contributed by atoms with van der Waals surface area (Å²) in [4.78, 5) is 11.9. The van der Waals surface area contributed by atoms with Crippen molar-refractivity contribution in [3.63, 3.8) is 0 Å². The van der Waals surface area contributed by atoms with E-state index in [9.17, 15) is 4.79 Å². The molecule has 0 aliphatic rings. The summed E-state index contributed by atoms with van der Waals surface area (Å²) >= 11 is 2.12. The fraction of sp³-hybridized carbons (Fsp3) is 0.267. The molecule has 0 aliphatic carbocycles. The SMILES string of the molecule is Cc1cccc(-n2c(C)cc(C(=O)CI)c2C)c1. The average molecular weight is 353 g/mol. The molecular formula is C15H16INO. The minimum Gasteiger partial charge on any atom is -0.318 e. The molecule has 3 heteroatoms. The van der Waals surface area contributed by atoms with Crippen molar-refractivity contribution in [2.24, 2.45) is 0 Å². The highest BCUT2D eigenvalue weighted by Gasteiger charge is 2.15. The van der Waals surface area contributed by atoms with E-state index >= 15 is 0 Å². The quantitative estimate of drug-likeness (QED) is 0.464. The summed E-state index contributed by atoms with van der Waals surface area (Å²) in [5, 5.41) is 0. The summed E-state index contributed by atoms with van der Waals surface area (Å²) in [5.41, 5.74) is 5.31. The molecule has 1 aromatic heterocycles. The van der Waals surface area contributed by atoms with Crippen molar-refractivity contribution in [1.29, 1.82) is 0 Å². The lowest BCUT2D eigenvalue weighted by molar-refractivity contribution is 0.102. The predicted molar refractivity (Wildman–Crippen MR) is 83.2 cm³/mol. The normalized spacial score (nSPS) is 10.7. The summed E-state index contributed by atoms with van der Waals surface area (Å²) in [6.07, 6.45) is 0. The second-order valence-corrected chi connectivity index (χ2v) is 5.28. The molecule has 0 N–H and O–H groups in total. The Labute approximate surface area is 121 Å².